The number of pyridine rings is 1. The number of urea groups is 1. The summed E-state index contributed by atoms with van der Waals surface area (Å²) in [5, 5.41) is 7.18. The highest BCUT2D eigenvalue weighted by molar-refractivity contribution is 6.01. The lowest BCUT2D eigenvalue weighted by molar-refractivity contribution is -0.137. The predicted molar refractivity (Wildman–Crippen MR) is 112 cm³/mol. The second kappa shape index (κ2) is 7.96. The Hall–Kier alpha value is -3.36. The summed E-state index contributed by atoms with van der Waals surface area (Å²) in [4.78, 5) is 17.0. The first kappa shape index (κ1) is 21.9. The van der Waals surface area contributed by atoms with Crippen molar-refractivity contribution in [2.75, 3.05) is 12.0 Å². The van der Waals surface area contributed by atoms with Crippen molar-refractivity contribution in [3.63, 3.8) is 0 Å². The smallest absolute Gasteiger partial charge is 0.416 e. The number of anilines is 1. The maximum Gasteiger partial charge on any atom is 0.416 e. The Morgan fingerprint density at radius 3 is 2.75 bits per heavy atom. The molecule has 2 atom stereocenters. The van der Waals surface area contributed by atoms with Gasteiger partial charge in [-0.15, -0.1) is 0 Å². The predicted octanol–water partition coefficient (Wildman–Crippen LogP) is 5.94. The molecule has 4 rings (SSSR count). The third kappa shape index (κ3) is 4.32. The minimum absolute atomic E-state index is 0.0633. The average molecular weight is 447 g/mol. The third-order valence-corrected chi connectivity index (χ3v) is 5.45. The second-order valence-electron chi connectivity index (χ2n) is 8.14. The molecule has 168 valence electrons. The molecule has 0 bridgehead atoms. The van der Waals surface area contributed by atoms with Crippen LogP contribution < -0.4 is 15.4 Å². The summed E-state index contributed by atoms with van der Waals surface area (Å²) in [7, 11) is 0. The van der Waals surface area contributed by atoms with Crippen LogP contribution in [0.4, 0.5) is 28.0 Å². The molecule has 2 heterocycles. The van der Waals surface area contributed by atoms with Gasteiger partial charge in [-0.2, -0.15) is 13.2 Å². The maximum atomic E-state index is 13.7. The number of nitrogens with zero attached hydrogens (tertiary/aromatic N) is 1. The van der Waals surface area contributed by atoms with Crippen molar-refractivity contribution in [3.8, 4) is 5.75 Å². The molecule has 0 saturated heterocycles. The maximum absolute atomic E-state index is 13.7. The first-order valence-corrected chi connectivity index (χ1v) is 9.97. The second-order valence-corrected chi connectivity index (χ2v) is 8.14. The van der Waals surface area contributed by atoms with Crippen LogP contribution in [-0.4, -0.2) is 23.3 Å². The first-order valence-electron chi connectivity index (χ1n) is 9.97. The zero-order valence-electron chi connectivity index (χ0n) is 17.4. The number of nitrogens with one attached hydrogen (secondary N) is 2. The summed E-state index contributed by atoms with van der Waals surface area (Å²) in [5.74, 6) is -0.0941. The van der Waals surface area contributed by atoms with Gasteiger partial charge in [-0.05, 0) is 38.1 Å². The molecular formula is C23H21F4N3O2. The van der Waals surface area contributed by atoms with Crippen molar-refractivity contribution in [2.24, 2.45) is 0 Å². The van der Waals surface area contributed by atoms with Gasteiger partial charge in [0.2, 0.25) is 0 Å². The van der Waals surface area contributed by atoms with Crippen LogP contribution in [0.2, 0.25) is 0 Å². The largest absolute Gasteiger partial charge is 0.484 e. The molecule has 9 heteroatoms. The number of carbonyl (C=O) groups excluding carboxylic acids is 1. The van der Waals surface area contributed by atoms with Gasteiger partial charge in [0.25, 0.3) is 0 Å². The number of rotatable bonds is 3. The van der Waals surface area contributed by atoms with Crippen LogP contribution in [-0.2, 0) is 6.18 Å². The molecule has 0 aliphatic carbocycles. The Morgan fingerprint density at radius 1 is 1.25 bits per heavy atom. The van der Waals surface area contributed by atoms with Gasteiger partial charge in [0.05, 0.1) is 17.3 Å². The topological polar surface area (TPSA) is 63.2 Å². The molecule has 0 spiro atoms. The molecule has 1 aliphatic rings. The fourth-order valence-corrected chi connectivity index (χ4v) is 3.85. The summed E-state index contributed by atoms with van der Waals surface area (Å²) in [5.41, 5.74) is -0.570. The van der Waals surface area contributed by atoms with E-state index < -0.39 is 36.1 Å². The lowest BCUT2D eigenvalue weighted by Gasteiger charge is -2.38. The number of hydrogen-bond acceptors (Lipinski definition) is 3. The third-order valence-electron chi connectivity index (χ3n) is 5.45. The minimum atomic E-state index is -4.57. The van der Waals surface area contributed by atoms with Crippen molar-refractivity contribution in [2.45, 2.75) is 38.1 Å². The standard InChI is InChI=1S/C23H21F4N3O2/c1-13-8-17-14(11-28-13)4-3-5-18(17)29-21(31)30-19-10-22(2,12-24)32-20-9-15(23(25,26)27)6-7-16(19)20/h3-9,11,19H,10,12H2,1-2H3,(H2,29,30,31)/t19-,22-/m1/s1. The fourth-order valence-electron chi connectivity index (χ4n) is 3.85. The van der Waals surface area contributed by atoms with Gasteiger partial charge in [-0.25, -0.2) is 9.18 Å². The number of carbonyl (C=O) groups is 1. The number of benzene rings is 2. The van der Waals surface area contributed by atoms with Gasteiger partial charge in [0.1, 0.15) is 18.0 Å². The van der Waals surface area contributed by atoms with Crippen molar-refractivity contribution in [1.29, 1.82) is 0 Å². The van der Waals surface area contributed by atoms with Gasteiger partial charge in [-0.1, -0.05) is 18.2 Å². The molecule has 1 aliphatic heterocycles. The molecule has 3 aromatic rings. The van der Waals surface area contributed by atoms with Gasteiger partial charge >= 0.3 is 12.2 Å². The Labute approximate surface area is 181 Å². The van der Waals surface area contributed by atoms with Crippen molar-refractivity contribution >= 4 is 22.5 Å². The molecule has 5 nitrogen and oxygen atoms in total. The van der Waals surface area contributed by atoms with Crippen LogP contribution in [0.5, 0.6) is 5.75 Å². The van der Waals surface area contributed by atoms with E-state index in [4.69, 9.17) is 4.74 Å². The van der Waals surface area contributed by atoms with Gasteiger partial charge in [0, 0.05) is 34.6 Å². The van der Waals surface area contributed by atoms with E-state index in [1.807, 2.05) is 19.1 Å². The number of hydrogen-bond donors (Lipinski definition) is 2. The zero-order chi connectivity index (χ0) is 23.1. The summed E-state index contributed by atoms with van der Waals surface area (Å²) in [6, 6.07) is 8.94. The molecule has 1 aromatic heterocycles. The van der Waals surface area contributed by atoms with E-state index in [1.165, 1.54) is 13.0 Å². The number of aryl methyl sites for hydroxylation is 1. The van der Waals surface area contributed by atoms with Crippen LogP contribution in [0.3, 0.4) is 0 Å². The van der Waals surface area contributed by atoms with E-state index in [1.54, 1.807) is 18.3 Å². The molecular weight excluding hydrogens is 426 g/mol. The number of fused-ring (bicyclic) bond motifs is 2. The molecule has 2 N–H and O–H groups in total. The van der Waals surface area contributed by atoms with Crippen LogP contribution in [0.15, 0.2) is 48.7 Å². The molecule has 0 radical (unpaired) electrons. The van der Waals surface area contributed by atoms with Gasteiger partial charge < -0.3 is 15.4 Å². The van der Waals surface area contributed by atoms with E-state index >= 15 is 0 Å². The Bertz CT molecular complexity index is 1180. The summed E-state index contributed by atoms with van der Waals surface area (Å²) >= 11 is 0. The quantitative estimate of drug-likeness (QED) is 0.489. The molecule has 2 aromatic carbocycles. The van der Waals surface area contributed by atoms with Crippen molar-refractivity contribution in [1.82, 2.24) is 10.3 Å². The Balaban J connectivity index is 1.61. The van der Waals surface area contributed by atoms with Crippen LogP contribution in [0.1, 0.15) is 36.2 Å². The van der Waals surface area contributed by atoms with Crippen LogP contribution >= 0.6 is 0 Å². The average Bonchev–Trinajstić information content (AvgIpc) is 2.73. The molecule has 0 unspecified atom stereocenters. The molecule has 2 amide bonds. The van der Waals surface area contributed by atoms with E-state index in [-0.39, 0.29) is 12.2 Å². The van der Waals surface area contributed by atoms with E-state index in [0.717, 1.165) is 28.6 Å². The Kier molecular flexibility index (Phi) is 5.44. The number of alkyl halides is 4. The van der Waals surface area contributed by atoms with E-state index in [2.05, 4.69) is 15.6 Å². The van der Waals surface area contributed by atoms with E-state index in [0.29, 0.717) is 11.3 Å². The van der Waals surface area contributed by atoms with Crippen LogP contribution in [0.25, 0.3) is 10.8 Å². The Morgan fingerprint density at radius 2 is 2.03 bits per heavy atom. The zero-order valence-corrected chi connectivity index (χ0v) is 17.4. The molecule has 0 fully saturated rings. The highest BCUT2D eigenvalue weighted by atomic mass is 19.4. The summed E-state index contributed by atoms with van der Waals surface area (Å²) in [6.45, 7) is 2.38. The monoisotopic (exact) mass is 447 g/mol. The number of halogens is 4. The molecule has 32 heavy (non-hydrogen) atoms. The number of ether oxygens (including phenoxy) is 1. The van der Waals surface area contributed by atoms with Gasteiger partial charge in [-0.3, -0.25) is 4.98 Å². The summed E-state index contributed by atoms with van der Waals surface area (Å²) < 4.78 is 58.6. The number of aromatic nitrogens is 1. The lowest BCUT2D eigenvalue weighted by atomic mass is 9.88. The highest BCUT2D eigenvalue weighted by Gasteiger charge is 2.40. The van der Waals surface area contributed by atoms with Crippen molar-refractivity contribution in [3.05, 3.63) is 65.5 Å². The highest BCUT2D eigenvalue weighted by Crippen LogP contribution is 2.43. The van der Waals surface area contributed by atoms with Gasteiger partial charge in [0.15, 0.2) is 0 Å². The SMILES string of the molecule is Cc1cc2c(NC(=O)N[C@@H]3C[C@](C)(CF)Oc4cc(C(F)(F)F)ccc43)cccc2cn1. The van der Waals surface area contributed by atoms with E-state index in [9.17, 15) is 22.4 Å². The summed E-state index contributed by atoms with van der Waals surface area (Å²) in [6.07, 6.45) is -2.80. The minimum Gasteiger partial charge on any atom is -0.484 e. The lowest BCUT2D eigenvalue weighted by Crippen LogP contribution is -2.45. The normalized spacial score (nSPS) is 20.4. The first-order chi connectivity index (χ1) is 15.1. The van der Waals surface area contributed by atoms with Crippen molar-refractivity contribution < 1.29 is 27.1 Å². The fraction of sp³-hybridized carbons (Fsp3) is 0.304. The molecule has 0 saturated carbocycles. The number of amides is 2. The van der Waals surface area contributed by atoms with Crippen LogP contribution in [0, 0.1) is 6.92 Å².